The number of hydrogen-bond donors (Lipinski definition) is 2. The minimum absolute atomic E-state index is 0. The number of benzene rings is 4. The molecule has 4 aromatic carbocycles. The zero-order chi connectivity index (χ0) is 37.0. The lowest BCUT2D eigenvalue weighted by atomic mass is 9.77. The van der Waals surface area contributed by atoms with Crippen LogP contribution in [0.25, 0.3) is 0 Å². The van der Waals surface area contributed by atoms with Gasteiger partial charge in [0, 0.05) is 18.1 Å². The van der Waals surface area contributed by atoms with Crippen LogP contribution in [-0.2, 0) is 23.0 Å². The van der Waals surface area contributed by atoms with Gasteiger partial charge in [-0.05, 0) is 66.1 Å². The number of amides is 1. The molecular formula is C34H27F10N3O4. The van der Waals surface area contributed by atoms with Crippen molar-refractivity contribution in [2.75, 3.05) is 0 Å². The highest BCUT2D eigenvalue weighted by Gasteiger charge is 2.45. The maximum atomic E-state index is 15.2. The zero-order valence-electron chi connectivity index (χ0n) is 25.3. The Labute approximate surface area is 283 Å². The maximum Gasteiger partial charge on any atom is 0.461 e. The predicted molar refractivity (Wildman–Crippen MR) is 164 cm³/mol. The first-order valence-corrected chi connectivity index (χ1v) is 14.0. The van der Waals surface area contributed by atoms with Gasteiger partial charge in [0.25, 0.3) is 5.91 Å². The molecule has 0 fully saturated rings. The van der Waals surface area contributed by atoms with E-state index in [-0.39, 0.29) is 30.5 Å². The van der Waals surface area contributed by atoms with Crippen molar-refractivity contribution in [3.05, 3.63) is 136 Å². The largest absolute Gasteiger partial charge is 0.461 e. The van der Waals surface area contributed by atoms with Crippen LogP contribution in [0, 0.1) is 17.5 Å². The molecule has 0 bridgehead atoms. The number of rotatable bonds is 11. The Bertz CT molecular complexity index is 1920. The zero-order valence-corrected chi connectivity index (χ0v) is 25.3. The Hall–Kier alpha value is -5.61. The average molecular weight is 732 g/mol. The molecule has 1 atom stereocenters. The van der Waals surface area contributed by atoms with E-state index in [0.717, 1.165) is 12.1 Å². The molecule has 0 heterocycles. The van der Waals surface area contributed by atoms with Crippen molar-refractivity contribution in [1.29, 1.82) is 0 Å². The van der Waals surface area contributed by atoms with E-state index in [9.17, 15) is 44.7 Å². The molecule has 4 rings (SSSR count). The molecule has 0 aliphatic carbocycles. The lowest BCUT2D eigenvalue weighted by Gasteiger charge is -2.37. The van der Waals surface area contributed by atoms with Crippen LogP contribution in [0.2, 0.25) is 0 Å². The van der Waals surface area contributed by atoms with Crippen molar-refractivity contribution < 1.29 is 63.1 Å². The number of oxime groups is 1. The van der Waals surface area contributed by atoms with E-state index in [0.29, 0.717) is 36.4 Å². The fourth-order valence-corrected chi connectivity index (χ4v) is 4.79. The Kier molecular flexibility index (Phi) is 12.1. The summed E-state index contributed by atoms with van der Waals surface area (Å²) in [6.45, 7) is 1.22. The van der Waals surface area contributed by atoms with Crippen molar-refractivity contribution in [1.82, 2.24) is 5.32 Å². The molecule has 0 spiro atoms. The molecule has 0 radical (unpaired) electrons. The lowest BCUT2D eigenvalue weighted by Crippen LogP contribution is -2.49. The number of alkyl halides is 7. The summed E-state index contributed by atoms with van der Waals surface area (Å²) >= 11 is 0. The van der Waals surface area contributed by atoms with Gasteiger partial charge in [0.1, 0.15) is 29.0 Å². The Balaban J connectivity index is 0.00000702. The van der Waals surface area contributed by atoms with E-state index in [1.54, 1.807) is 6.07 Å². The van der Waals surface area contributed by atoms with E-state index in [1.807, 2.05) is 0 Å². The second-order valence-corrected chi connectivity index (χ2v) is 10.7. The topological polar surface area (TPSA) is 103 Å². The van der Waals surface area contributed by atoms with Gasteiger partial charge in [-0.25, -0.2) is 18.0 Å². The fourth-order valence-electron chi connectivity index (χ4n) is 4.79. The summed E-state index contributed by atoms with van der Waals surface area (Å²) in [5.74, 6) is -8.62. The number of hydrogen-bond acceptors (Lipinski definition) is 5. The Morgan fingerprint density at radius 3 is 2.10 bits per heavy atom. The number of amidine groups is 1. The summed E-state index contributed by atoms with van der Waals surface area (Å²) in [5.41, 5.74) is -1.15. The normalized spacial score (nSPS) is 13.2. The van der Waals surface area contributed by atoms with E-state index >= 15 is 8.78 Å². The van der Waals surface area contributed by atoms with E-state index in [2.05, 4.69) is 20.0 Å². The van der Waals surface area contributed by atoms with Crippen molar-refractivity contribution in [2.24, 2.45) is 10.9 Å². The molecule has 0 saturated carbocycles. The van der Waals surface area contributed by atoms with Crippen LogP contribution >= 0.6 is 0 Å². The summed E-state index contributed by atoms with van der Waals surface area (Å²) in [6.07, 6.45) is -15.3. The molecule has 0 saturated heterocycles. The summed E-state index contributed by atoms with van der Waals surface area (Å²) in [6, 6.07) is 12.7. The van der Waals surface area contributed by atoms with Crippen LogP contribution in [0.4, 0.5) is 43.9 Å². The molecule has 0 aromatic heterocycles. The van der Waals surface area contributed by atoms with Crippen LogP contribution in [0.3, 0.4) is 0 Å². The van der Waals surface area contributed by atoms with E-state index in [4.69, 9.17) is 5.73 Å². The second-order valence-electron chi connectivity index (χ2n) is 10.7. The third-order valence-corrected chi connectivity index (χ3v) is 7.00. The maximum absolute atomic E-state index is 15.2. The summed E-state index contributed by atoms with van der Waals surface area (Å²) in [4.78, 5) is 31.2. The van der Waals surface area contributed by atoms with Crippen LogP contribution in [-0.4, -0.2) is 30.2 Å². The molecule has 0 aliphatic heterocycles. The fraction of sp³-hybridized carbons (Fsp3) is 0.206. The van der Waals surface area contributed by atoms with Crippen LogP contribution < -0.4 is 15.8 Å². The molecule has 51 heavy (non-hydrogen) atoms. The average Bonchev–Trinajstić information content (AvgIpc) is 3.03. The first-order chi connectivity index (χ1) is 23.3. The van der Waals surface area contributed by atoms with Crippen molar-refractivity contribution >= 4 is 17.7 Å². The molecule has 4 aromatic rings. The van der Waals surface area contributed by atoms with Gasteiger partial charge in [-0.3, -0.25) is 4.79 Å². The highest BCUT2D eigenvalue weighted by atomic mass is 19.4. The smallest absolute Gasteiger partial charge is 0.428 e. The van der Waals surface area contributed by atoms with Crippen molar-refractivity contribution in [3.63, 3.8) is 0 Å². The summed E-state index contributed by atoms with van der Waals surface area (Å²) in [7, 11) is 0. The predicted octanol–water partition coefficient (Wildman–Crippen LogP) is 8.36. The highest BCUT2D eigenvalue weighted by Crippen LogP contribution is 2.39. The SMILES string of the molecule is C.C/C(N)=N/OC(=O)c1cc([C@@](Cc2ccccc2)(NC(=O)c2ccc(F)c(C(F)(F)F)c2)c2cc(F)cc(OC(F)(F)C(F)F)c2)ccc1F. The number of nitrogens with two attached hydrogens (primary N) is 1. The standard InChI is InChI=1S/C33H23F10N3O4.CH4/c1-17(44)46-50-29(48)24-14-20(8-10-26(24)35)31(16-18-5-3-2-4-6-18,21-12-22(34)15-23(13-21)49-33(42,43)30(37)38)45-28(47)19-7-9-27(36)25(11-19)32(39,40)41;/h2-15,30H,16H2,1H3,(H2,44,46)(H,45,47);1H4/t31-;/m1./s1. The van der Waals surface area contributed by atoms with Crippen LogP contribution in [0.15, 0.2) is 90.1 Å². The van der Waals surface area contributed by atoms with Crippen LogP contribution in [0.1, 0.15) is 57.3 Å². The number of nitrogens with one attached hydrogen (secondary N) is 1. The number of carbonyl (C=O) groups is 2. The van der Waals surface area contributed by atoms with Gasteiger partial charge < -0.3 is 20.6 Å². The molecule has 0 unspecified atom stereocenters. The number of halogens is 10. The number of carbonyl (C=O) groups excluding carboxylic acids is 2. The second kappa shape index (κ2) is 15.5. The minimum atomic E-state index is -5.26. The van der Waals surface area contributed by atoms with Gasteiger partial charge in [0.2, 0.25) is 0 Å². The van der Waals surface area contributed by atoms with Gasteiger partial charge in [-0.15, -0.1) is 0 Å². The van der Waals surface area contributed by atoms with Gasteiger partial charge in [0.05, 0.1) is 16.7 Å². The van der Waals surface area contributed by atoms with Gasteiger partial charge in [0.15, 0.2) is 0 Å². The Morgan fingerprint density at radius 1 is 0.843 bits per heavy atom. The third kappa shape index (κ3) is 9.34. The van der Waals surface area contributed by atoms with Gasteiger partial charge in [-0.2, -0.15) is 30.7 Å². The quantitative estimate of drug-likeness (QED) is 0.0531. The Morgan fingerprint density at radius 2 is 1.49 bits per heavy atom. The molecule has 17 heteroatoms. The first kappa shape index (κ1) is 39.8. The van der Waals surface area contributed by atoms with Gasteiger partial charge in [-0.1, -0.05) is 49.0 Å². The molecule has 3 N–H and O–H groups in total. The van der Waals surface area contributed by atoms with Crippen molar-refractivity contribution in [2.45, 2.75) is 45.0 Å². The first-order valence-electron chi connectivity index (χ1n) is 14.0. The van der Waals surface area contributed by atoms with E-state index < -0.39 is 88.0 Å². The van der Waals surface area contributed by atoms with E-state index in [1.165, 1.54) is 31.2 Å². The summed E-state index contributed by atoms with van der Waals surface area (Å²) < 4.78 is 143. The summed E-state index contributed by atoms with van der Waals surface area (Å²) in [5, 5.41) is 5.64. The third-order valence-electron chi connectivity index (χ3n) is 7.00. The minimum Gasteiger partial charge on any atom is -0.428 e. The van der Waals surface area contributed by atoms with Gasteiger partial charge >= 0.3 is 24.7 Å². The highest BCUT2D eigenvalue weighted by molar-refractivity contribution is 5.96. The van der Waals surface area contributed by atoms with Crippen LogP contribution in [0.5, 0.6) is 5.75 Å². The molecule has 0 aliphatic rings. The monoisotopic (exact) mass is 731 g/mol. The molecule has 272 valence electrons. The molecular weight excluding hydrogens is 704 g/mol. The van der Waals surface area contributed by atoms with Crippen molar-refractivity contribution in [3.8, 4) is 5.75 Å². The number of ether oxygens (including phenoxy) is 1. The molecule has 1 amide bonds. The lowest BCUT2D eigenvalue weighted by molar-refractivity contribution is -0.253. The number of nitrogens with zero attached hydrogens (tertiary/aromatic N) is 1. The molecule has 7 nitrogen and oxygen atoms in total.